The lowest BCUT2D eigenvalue weighted by atomic mass is 9.65. The molecule has 1 aromatic heterocycles. The number of fused-ring (bicyclic) bond motifs is 6. The summed E-state index contributed by atoms with van der Waals surface area (Å²) in [5, 5.41) is 1.20. The van der Waals surface area contributed by atoms with Gasteiger partial charge in [0.1, 0.15) is 29.1 Å². The summed E-state index contributed by atoms with van der Waals surface area (Å²) in [5.41, 5.74) is 3.68. The summed E-state index contributed by atoms with van der Waals surface area (Å²) in [6.07, 6.45) is 0.992. The Bertz CT molecular complexity index is 2010. The number of H-pyrrole nitrogens is 1. The Morgan fingerprint density at radius 3 is 2.07 bits per heavy atom. The molecule has 1 aliphatic carbocycles. The van der Waals surface area contributed by atoms with E-state index in [1.165, 1.54) is 76.5 Å². The molecule has 3 aromatic carbocycles. The number of nitrogens with zero attached hydrogens (tertiary/aromatic N) is 1. The van der Waals surface area contributed by atoms with E-state index in [-0.39, 0.29) is 52.4 Å². The van der Waals surface area contributed by atoms with Gasteiger partial charge in [-0.15, -0.1) is 0 Å². The van der Waals surface area contributed by atoms with Gasteiger partial charge in [-0.2, -0.15) is 0 Å². The minimum Gasteiger partial charge on any atom is -0.497 e. The van der Waals surface area contributed by atoms with Gasteiger partial charge in [0.2, 0.25) is 5.75 Å². The molecule has 7 rings (SSSR count). The van der Waals surface area contributed by atoms with Crippen LogP contribution in [0.1, 0.15) is 46.9 Å². The molecule has 2 aliphatic heterocycles. The Hall–Kier alpha value is -5.63. The number of aromatic amines is 1. The third-order valence-corrected chi connectivity index (χ3v) is 10.9. The number of benzene rings is 3. The van der Waals surface area contributed by atoms with E-state index in [0.29, 0.717) is 24.3 Å². The van der Waals surface area contributed by atoms with Crippen LogP contribution in [0.25, 0.3) is 10.9 Å². The standard InChI is InChI=1S/C40H44N2O12/c1-46-23-7-8-28-29-9-10-42-20-22-11-26(17-31(39(44)51-6)30(22)19-33(42)36(29)41-32(28)18-23)52-38(43)21-12-34(49-4)37(35(13-21)50-5)54-40(45)53-27-15-24(47-2)14-25(16-27)48-3/h7-8,12-16,18,22,26,30-31,33,41H,9-11,17,19-20H2,1-6H3/t22-,26?,30+,31-,33-/m1/s1. The van der Waals surface area contributed by atoms with Gasteiger partial charge in [-0.3, -0.25) is 9.69 Å². The summed E-state index contributed by atoms with van der Waals surface area (Å²) in [6.45, 7) is 1.66. The molecule has 0 spiro atoms. The summed E-state index contributed by atoms with van der Waals surface area (Å²) >= 11 is 0. The molecular formula is C40H44N2O12. The van der Waals surface area contributed by atoms with Gasteiger partial charge in [0, 0.05) is 54.0 Å². The number of rotatable bonds is 10. The molecule has 3 heterocycles. The van der Waals surface area contributed by atoms with Crippen LogP contribution in [0.5, 0.6) is 40.2 Å². The van der Waals surface area contributed by atoms with Crippen LogP contribution in [0.15, 0.2) is 48.5 Å². The van der Waals surface area contributed by atoms with Crippen LogP contribution < -0.4 is 33.2 Å². The first-order valence-corrected chi connectivity index (χ1v) is 17.8. The molecule has 1 saturated heterocycles. The first kappa shape index (κ1) is 36.7. The van der Waals surface area contributed by atoms with Crippen molar-refractivity contribution < 1.29 is 57.0 Å². The summed E-state index contributed by atoms with van der Waals surface area (Å²) < 4.78 is 49.2. The zero-order valence-corrected chi connectivity index (χ0v) is 31.1. The van der Waals surface area contributed by atoms with E-state index in [4.69, 9.17) is 42.6 Å². The van der Waals surface area contributed by atoms with Crippen molar-refractivity contribution in [3.8, 4) is 40.2 Å². The van der Waals surface area contributed by atoms with Gasteiger partial charge in [-0.05, 0) is 67.3 Å². The average molecular weight is 745 g/mol. The number of esters is 2. The highest BCUT2D eigenvalue weighted by atomic mass is 16.7. The van der Waals surface area contributed by atoms with Crippen LogP contribution >= 0.6 is 0 Å². The van der Waals surface area contributed by atoms with Crippen LogP contribution in [0.4, 0.5) is 4.79 Å². The average Bonchev–Trinajstić information content (AvgIpc) is 3.57. The number of hydrogen-bond acceptors (Lipinski definition) is 13. The van der Waals surface area contributed by atoms with E-state index in [9.17, 15) is 14.4 Å². The fraction of sp³-hybridized carbons (Fsp3) is 0.425. The SMILES string of the molecule is COC(=O)[C@@H]1CC(OC(=O)c2cc(OC)c(OC(=O)Oc3cc(OC)cc(OC)c3)c(OC)c2)C[C@@H]2CN3CCc4c([nH]c5cc(OC)ccc45)[C@H]3C[C@@H]21. The zero-order chi connectivity index (χ0) is 38.1. The van der Waals surface area contributed by atoms with Crippen molar-refractivity contribution in [2.45, 2.75) is 37.8 Å². The first-order chi connectivity index (χ1) is 26.2. The Kier molecular flexibility index (Phi) is 10.5. The predicted molar refractivity (Wildman–Crippen MR) is 194 cm³/mol. The van der Waals surface area contributed by atoms with E-state index < -0.39 is 24.1 Å². The fourth-order valence-corrected chi connectivity index (χ4v) is 8.41. The second-order valence-electron chi connectivity index (χ2n) is 13.7. The maximum Gasteiger partial charge on any atom is 0.519 e. The lowest BCUT2D eigenvalue weighted by Crippen LogP contribution is -2.52. The number of piperidine rings is 1. The molecule has 1 saturated carbocycles. The Balaban J connectivity index is 1.07. The lowest BCUT2D eigenvalue weighted by Gasteiger charge is -2.51. The molecule has 1 N–H and O–H groups in total. The summed E-state index contributed by atoms with van der Waals surface area (Å²) in [6, 6.07) is 13.7. The highest BCUT2D eigenvalue weighted by Crippen LogP contribution is 2.50. The van der Waals surface area contributed by atoms with Crippen LogP contribution in [0.3, 0.4) is 0 Å². The van der Waals surface area contributed by atoms with Crippen molar-refractivity contribution in [1.82, 2.24) is 9.88 Å². The number of nitrogens with one attached hydrogen (secondary N) is 1. The van der Waals surface area contributed by atoms with E-state index in [2.05, 4.69) is 16.0 Å². The smallest absolute Gasteiger partial charge is 0.497 e. The van der Waals surface area contributed by atoms with Crippen LogP contribution in [-0.2, 0) is 20.7 Å². The molecule has 0 radical (unpaired) electrons. The van der Waals surface area contributed by atoms with Gasteiger partial charge in [0.15, 0.2) is 11.5 Å². The maximum absolute atomic E-state index is 13.7. The monoisotopic (exact) mass is 744 g/mol. The highest BCUT2D eigenvalue weighted by Gasteiger charge is 2.49. The minimum atomic E-state index is -1.09. The van der Waals surface area contributed by atoms with Crippen molar-refractivity contribution in [3.05, 3.63) is 65.4 Å². The third kappa shape index (κ3) is 7.05. The number of ether oxygens (including phenoxy) is 9. The van der Waals surface area contributed by atoms with E-state index >= 15 is 0 Å². The van der Waals surface area contributed by atoms with E-state index in [0.717, 1.165) is 37.2 Å². The van der Waals surface area contributed by atoms with Crippen molar-refractivity contribution in [1.29, 1.82) is 0 Å². The van der Waals surface area contributed by atoms with Gasteiger partial charge < -0.3 is 47.6 Å². The largest absolute Gasteiger partial charge is 0.519 e. The van der Waals surface area contributed by atoms with Gasteiger partial charge in [-0.1, -0.05) is 0 Å². The van der Waals surface area contributed by atoms with Crippen LogP contribution in [0.2, 0.25) is 0 Å². The second-order valence-corrected chi connectivity index (χ2v) is 13.7. The zero-order valence-electron chi connectivity index (χ0n) is 31.1. The van der Waals surface area contributed by atoms with Gasteiger partial charge in [-0.25, -0.2) is 9.59 Å². The molecule has 5 atom stereocenters. The number of carbonyl (C=O) groups is 3. The molecule has 14 nitrogen and oxygen atoms in total. The Morgan fingerprint density at radius 2 is 1.43 bits per heavy atom. The topological polar surface area (TPSA) is 153 Å². The van der Waals surface area contributed by atoms with Gasteiger partial charge >= 0.3 is 18.1 Å². The molecule has 4 aromatic rings. The van der Waals surface area contributed by atoms with Crippen LogP contribution in [0, 0.1) is 17.8 Å². The molecular weight excluding hydrogens is 700 g/mol. The van der Waals surface area contributed by atoms with Gasteiger partial charge in [0.05, 0.1) is 60.2 Å². The van der Waals surface area contributed by atoms with Gasteiger partial charge in [0.25, 0.3) is 0 Å². The quantitative estimate of drug-likeness (QED) is 0.146. The Labute approximate surface area is 312 Å². The van der Waals surface area contributed by atoms with Crippen molar-refractivity contribution in [2.24, 2.45) is 17.8 Å². The van der Waals surface area contributed by atoms with Crippen LogP contribution in [-0.4, -0.2) is 89.8 Å². The van der Waals surface area contributed by atoms with Crippen molar-refractivity contribution >= 4 is 29.0 Å². The molecule has 286 valence electrons. The molecule has 54 heavy (non-hydrogen) atoms. The van der Waals surface area contributed by atoms with E-state index in [1.54, 1.807) is 13.2 Å². The second kappa shape index (κ2) is 15.4. The molecule has 1 unspecified atom stereocenters. The lowest BCUT2D eigenvalue weighted by molar-refractivity contribution is -0.155. The molecule has 0 bridgehead atoms. The van der Waals surface area contributed by atoms with Crippen molar-refractivity contribution in [3.63, 3.8) is 0 Å². The first-order valence-electron chi connectivity index (χ1n) is 17.8. The summed E-state index contributed by atoms with van der Waals surface area (Å²) in [7, 11) is 8.74. The summed E-state index contributed by atoms with van der Waals surface area (Å²) in [4.78, 5) is 46.1. The van der Waals surface area contributed by atoms with Crippen molar-refractivity contribution in [2.75, 3.05) is 55.7 Å². The maximum atomic E-state index is 13.7. The fourth-order valence-electron chi connectivity index (χ4n) is 8.41. The number of carbonyl (C=O) groups excluding carboxylic acids is 3. The molecule has 3 aliphatic rings. The normalized spacial score (nSPS) is 21.8. The number of methoxy groups -OCH3 is 6. The summed E-state index contributed by atoms with van der Waals surface area (Å²) in [5.74, 6) is 0.483. The third-order valence-electron chi connectivity index (χ3n) is 10.9. The Morgan fingerprint density at radius 1 is 0.741 bits per heavy atom. The minimum absolute atomic E-state index is 0.0378. The highest BCUT2D eigenvalue weighted by molar-refractivity contribution is 5.92. The molecule has 2 fully saturated rings. The molecule has 14 heteroatoms. The molecule has 0 amide bonds. The predicted octanol–water partition coefficient (Wildman–Crippen LogP) is 6.13. The number of aromatic nitrogens is 1. The van der Waals surface area contributed by atoms with E-state index in [1.807, 2.05) is 12.1 Å². The number of hydrogen-bond donors (Lipinski definition) is 1.